The quantitative estimate of drug-likeness (QED) is 0.781. The van der Waals surface area contributed by atoms with Gasteiger partial charge in [0.25, 0.3) is 0 Å². The molecule has 0 radical (unpaired) electrons. The first-order valence-corrected chi connectivity index (χ1v) is 7.60. The van der Waals surface area contributed by atoms with Gasteiger partial charge in [-0.25, -0.2) is 4.98 Å². The van der Waals surface area contributed by atoms with E-state index in [4.69, 9.17) is 4.98 Å². The molecule has 4 bridgehead atoms. The van der Waals surface area contributed by atoms with Crippen LogP contribution in [-0.4, -0.2) is 14.4 Å². The van der Waals surface area contributed by atoms with Crippen LogP contribution in [-0.2, 0) is 5.41 Å². The third kappa shape index (κ3) is 1.39. The lowest BCUT2D eigenvalue weighted by molar-refractivity contribution is -0.00697. The molecule has 0 unspecified atom stereocenters. The predicted octanol–water partition coefficient (Wildman–Crippen LogP) is 3.20. The van der Waals surface area contributed by atoms with Crippen LogP contribution in [0.4, 0.5) is 0 Å². The van der Waals surface area contributed by atoms with Crippen LogP contribution in [0.1, 0.15) is 44.2 Å². The Morgan fingerprint density at radius 3 is 2.37 bits per heavy atom. The van der Waals surface area contributed by atoms with E-state index in [1.807, 2.05) is 18.6 Å². The van der Waals surface area contributed by atoms with Crippen LogP contribution in [0.5, 0.6) is 0 Å². The van der Waals surface area contributed by atoms with Crippen molar-refractivity contribution in [1.29, 1.82) is 0 Å². The SMILES string of the molecule is c1cn2cc(C34CC5CC(CC(C5)C3)C4)nc2cn1. The van der Waals surface area contributed by atoms with Crippen LogP contribution in [0.3, 0.4) is 0 Å². The maximum absolute atomic E-state index is 4.90. The normalized spacial score (nSPS) is 40.1. The van der Waals surface area contributed by atoms with E-state index >= 15 is 0 Å². The van der Waals surface area contributed by atoms with Crippen molar-refractivity contribution in [2.45, 2.75) is 43.9 Å². The van der Waals surface area contributed by atoms with E-state index in [0.717, 1.165) is 23.4 Å². The van der Waals surface area contributed by atoms with Crippen LogP contribution in [0.15, 0.2) is 24.8 Å². The Kier molecular flexibility index (Phi) is 1.85. The highest BCUT2D eigenvalue weighted by atomic mass is 15.0. The second kappa shape index (κ2) is 3.38. The Hall–Kier alpha value is -1.38. The molecule has 0 amide bonds. The van der Waals surface area contributed by atoms with Gasteiger partial charge in [-0.05, 0) is 56.3 Å². The first kappa shape index (κ1) is 10.4. The molecule has 0 spiro atoms. The molecule has 4 aliphatic carbocycles. The standard InChI is InChI=1S/C16H19N3/c1-2-19-10-14(18-15(19)9-17-1)16-6-11-3-12(7-16)5-13(4-11)8-16/h1-2,9-13H,3-8H2. The molecule has 3 nitrogen and oxygen atoms in total. The van der Waals surface area contributed by atoms with E-state index in [1.54, 1.807) is 0 Å². The van der Waals surface area contributed by atoms with E-state index in [9.17, 15) is 0 Å². The molecule has 4 fully saturated rings. The number of nitrogens with zero attached hydrogens (tertiary/aromatic N) is 3. The molecular weight excluding hydrogens is 234 g/mol. The fourth-order valence-electron chi connectivity index (χ4n) is 5.52. The molecule has 4 aliphatic rings. The smallest absolute Gasteiger partial charge is 0.155 e. The van der Waals surface area contributed by atoms with Gasteiger partial charge in [0.1, 0.15) is 0 Å². The maximum Gasteiger partial charge on any atom is 0.155 e. The molecule has 2 aromatic heterocycles. The fraction of sp³-hybridized carbons (Fsp3) is 0.625. The summed E-state index contributed by atoms with van der Waals surface area (Å²) < 4.78 is 2.14. The van der Waals surface area contributed by atoms with E-state index in [0.29, 0.717) is 5.41 Å². The van der Waals surface area contributed by atoms with Crippen molar-refractivity contribution >= 4 is 5.65 Å². The van der Waals surface area contributed by atoms with Crippen molar-refractivity contribution in [3.63, 3.8) is 0 Å². The minimum absolute atomic E-state index is 0.404. The Morgan fingerprint density at radius 1 is 1.05 bits per heavy atom. The van der Waals surface area contributed by atoms with E-state index in [2.05, 4.69) is 15.6 Å². The molecule has 0 aromatic carbocycles. The summed E-state index contributed by atoms with van der Waals surface area (Å²) in [6.45, 7) is 0. The van der Waals surface area contributed by atoms with Gasteiger partial charge in [0.2, 0.25) is 0 Å². The second-order valence-electron chi connectivity index (χ2n) is 7.17. The summed E-state index contributed by atoms with van der Waals surface area (Å²) in [6.07, 6.45) is 16.7. The van der Waals surface area contributed by atoms with Crippen molar-refractivity contribution in [1.82, 2.24) is 14.4 Å². The summed E-state index contributed by atoms with van der Waals surface area (Å²) in [4.78, 5) is 9.09. The molecule has 0 atom stereocenters. The first-order valence-electron chi connectivity index (χ1n) is 7.60. The fourth-order valence-corrected chi connectivity index (χ4v) is 5.52. The van der Waals surface area contributed by atoms with Crippen molar-refractivity contribution < 1.29 is 0 Å². The zero-order valence-electron chi connectivity index (χ0n) is 11.1. The summed E-state index contributed by atoms with van der Waals surface area (Å²) in [5, 5.41) is 0. The summed E-state index contributed by atoms with van der Waals surface area (Å²) in [7, 11) is 0. The van der Waals surface area contributed by atoms with Crippen molar-refractivity contribution in [2.24, 2.45) is 17.8 Å². The Balaban J connectivity index is 1.64. The molecule has 0 saturated heterocycles. The average molecular weight is 253 g/mol. The average Bonchev–Trinajstić information content (AvgIpc) is 2.81. The number of hydrogen-bond acceptors (Lipinski definition) is 2. The lowest BCUT2D eigenvalue weighted by Gasteiger charge is -2.56. The van der Waals surface area contributed by atoms with E-state index in [-0.39, 0.29) is 0 Å². The molecule has 19 heavy (non-hydrogen) atoms. The number of fused-ring (bicyclic) bond motifs is 1. The molecule has 6 rings (SSSR count). The molecule has 3 heteroatoms. The van der Waals surface area contributed by atoms with Crippen LogP contribution in [0, 0.1) is 17.8 Å². The zero-order valence-corrected chi connectivity index (χ0v) is 11.1. The Morgan fingerprint density at radius 2 is 1.74 bits per heavy atom. The summed E-state index contributed by atoms with van der Waals surface area (Å²) in [6, 6.07) is 0. The summed E-state index contributed by atoms with van der Waals surface area (Å²) >= 11 is 0. The predicted molar refractivity (Wildman–Crippen MR) is 72.8 cm³/mol. The minimum atomic E-state index is 0.404. The van der Waals surface area contributed by atoms with Gasteiger partial charge in [-0.3, -0.25) is 4.98 Å². The molecule has 2 aromatic rings. The van der Waals surface area contributed by atoms with Crippen molar-refractivity contribution in [2.75, 3.05) is 0 Å². The molecule has 2 heterocycles. The van der Waals surface area contributed by atoms with Gasteiger partial charge in [-0.15, -0.1) is 0 Å². The topological polar surface area (TPSA) is 30.2 Å². The van der Waals surface area contributed by atoms with Crippen LogP contribution < -0.4 is 0 Å². The lowest BCUT2D eigenvalue weighted by Crippen LogP contribution is -2.48. The summed E-state index contributed by atoms with van der Waals surface area (Å²) in [5.74, 6) is 2.94. The van der Waals surface area contributed by atoms with Gasteiger partial charge in [0.15, 0.2) is 5.65 Å². The molecule has 4 saturated carbocycles. The minimum Gasteiger partial charge on any atom is -0.304 e. The number of hydrogen-bond donors (Lipinski definition) is 0. The molecule has 0 aliphatic heterocycles. The Labute approximate surface area is 113 Å². The number of rotatable bonds is 1. The van der Waals surface area contributed by atoms with Crippen molar-refractivity contribution in [3.8, 4) is 0 Å². The van der Waals surface area contributed by atoms with Gasteiger partial charge >= 0.3 is 0 Å². The maximum atomic E-state index is 4.90. The van der Waals surface area contributed by atoms with Crippen molar-refractivity contribution in [3.05, 3.63) is 30.5 Å². The van der Waals surface area contributed by atoms with Gasteiger partial charge in [-0.1, -0.05) is 0 Å². The Bertz CT molecular complexity index is 574. The van der Waals surface area contributed by atoms with Crippen LogP contribution in [0.25, 0.3) is 5.65 Å². The van der Waals surface area contributed by atoms with Gasteiger partial charge in [0, 0.05) is 24.0 Å². The largest absolute Gasteiger partial charge is 0.304 e. The van der Waals surface area contributed by atoms with Gasteiger partial charge in [-0.2, -0.15) is 0 Å². The third-order valence-corrected chi connectivity index (χ3v) is 5.85. The van der Waals surface area contributed by atoms with Gasteiger partial charge in [0.05, 0.1) is 11.9 Å². The van der Waals surface area contributed by atoms with Crippen LogP contribution >= 0.6 is 0 Å². The molecule has 98 valence electrons. The molecular formula is C16H19N3. The second-order valence-corrected chi connectivity index (χ2v) is 7.17. The summed E-state index contributed by atoms with van der Waals surface area (Å²) in [5.41, 5.74) is 2.76. The number of aromatic nitrogens is 3. The van der Waals surface area contributed by atoms with Crippen LogP contribution in [0.2, 0.25) is 0 Å². The van der Waals surface area contributed by atoms with E-state index in [1.165, 1.54) is 44.2 Å². The van der Waals surface area contributed by atoms with E-state index < -0.39 is 0 Å². The van der Waals surface area contributed by atoms with Gasteiger partial charge < -0.3 is 4.40 Å². The highest BCUT2D eigenvalue weighted by Gasteiger charge is 2.52. The lowest BCUT2D eigenvalue weighted by atomic mass is 9.49. The third-order valence-electron chi connectivity index (χ3n) is 5.85. The number of imidazole rings is 1. The highest BCUT2D eigenvalue weighted by molar-refractivity contribution is 5.39. The molecule has 0 N–H and O–H groups in total. The highest BCUT2D eigenvalue weighted by Crippen LogP contribution is 2.60. The zero-order chi connectivity index (χ0) is 12.4. The monoisotopic (exact) mass is 253 g/mol. The first-order chi connectivity index (χ1) is 9.31.